The lowest BCUT2D eigenvalue weighted by Gasteiger charge is -1.93. The van der Waals surface area contributed by atoms with E-state index in [1.165, 1.54) is 0 Å². The molecule has 1 heterocycles. The second-order valence-corrected chi connectivity index (χ2v) is 3.31. The van der Waals surface area contributed by atoms with Gasteiger partial charge in [0.2, 0.25) is 0 Å². The van der Waals surface area contributed by atoms with E-state index in [2.05, 4.69) is 10.1 Å². The van der Waals surface area contributed by atoms with Crippen molar-refractivity contribution in [2.75, 3.05) is 13.7 Å². The first-order valence-electron chi connectivity index (χ1n) is 4.90. The van der Waals surface area contributed by atoms with E-state index in [0.29, 0.717) is 24.7 Å². The molecule has 0 aliphatic carbocycles. The summed E-state index contributed by atoms with van der Waals surface area (Å²) in [5.41, 5.74) is 0.786. The molecule has 1 aromatic carbocycles. The van der Waals surface area contributed by atoms with Crippen LogP contribution >= 0.6 is 0 Å². The average Bonchev–Trinajstić information content (AvgIpc) is 2.76. The maximum Gasteiger partial charge on any atom is 0.257 e. The van der Waals surface area contributed by atoms with Crippen molar-refractivity contribution < 1.29 is 14.4 Å². The number of aromatic hydroxyl groups is 1. The monoisotopic (exact) mass is 220 g/mol. The molecule has 0 aliphatic rings. The number of hydrogen-bond acceptors (Lipinski definition) is 5. The van der Waals surface area contributed by atoms with Crippen molar-refractivity contribution in [1.82, 2.24) is 10.1 Å². The normalized spacial score (nSPS) is 10.6. The third-order valence-electron chi connectivity index (χ3n) is 2.11. The Hall–Kier alpha value is -1.88. The Bertz CT molecular complexity index is 451. The van der Waals surface area contributed by atoms with Crippen LogP contribution in [-0.2, 0) is 11.2 Å². The Balaban J connectivity index is 2.15. The number of ether oxygens (including phenoxy) is 1. The standard InChI is InChI=1S/C11H12N2O3/c1-15-7-6-10-12-11(16-13-10)8-2-4-9(14)5-3-8/h2-5,14H,6-7H2,1H3. The highest BCUT2D eigenvalue weighted by atomic mass is 16.5. The number of hydrogen-bond donors (Lipinski definition) is 1. The SMILES string of the molecule is COCCc1noc(-c2ccc(O)cc2)n1. The Kier molecular flexibility index (Phi) is 3.16. The van der Waals surface area contributed by atoms with Crippen molar-refractivity contribution >= 4 is 0 Å². The fraction of sp³-hybridized carbons (Fsp3) is 0.273. The molecule has 0 fully saturated rings. The molecule has 0 saturated heterocycles. The molecule has 0 amide bonds. The molecule has 2 rings (SSSR count). The minimum absolute atomic E-state index is 0.211. The summed E-state index contributed by atoms with van der Waals surface area (Å²) in [7, 11) is 1.63. The van der Waals surface area contributed by atoms with Crippen LogP contribution in [0, 0.1) is 0 Å². The average molecular weight is 220 g/mol. The third-order valence-corrected chi connectivity index (χ3v) is 2.11. The molecule has 2 aromatic rings. The van der Waals surface area contributed by atoms with Crippen molar-refractivity contribution in [3.8, 4) is 17.2 Å². The van der Waals surface area contributed by atoms with E-state index in [1.54, 1.807) is 31.4 Å². The van der Waals surface area contributed by atoms with E-state index < -0.39 is 0 Å². The largest absolute Gasteiger partial charge is 0.508 e. The molecule has 16 heavy (non-hydrogen) atoms. The second kappa shape index (κ2) is 4.76. The molecule has 0 radical (unpaired) electrons. The van der Waals surface area contributed by atoms with Gasteiger partial charge >= 0.3 is 0 Å². The van der Waals surface area contributed by atoms with Gasteiger partial charge in [-0.2, -0.15) is 4.98 Å². The molecule has 0 unspecified atom stereocenters. The summed E-state index contributed by atoms with van der Waals surface area (Å²) in [6.45, 7) is 0.564. The number of nitrogens with zero attached hydrogens (tertiary/aromatic N) is 2. The van der Waals surface area contributed by atoms with Crippen molar-refractivity contribution in [1.29, 1.82) is 0 Å². The molecule has 1 aromatic heterocycles. The van der Waals surface area contributed by atoms with Gasteiger partial charge in [0.25, 0.3) is 5.89 Å². The van der Waals surface area contributed by atoms with Gasteiger partial charge < -0.3 is 14.4 Å². The molecule has 0 atom stereocenters. The van der Waals surface area contributed by atoms with Crippen LogP contribution in [-0.4, -0.2) is 29.0 Å². The van der Waals surface area contributed by atoms with E-state index in [0.717, 1.165) is 5.56 Å². The van der Waals surface area contributed by atoms with Gasteiger partial charge in [-0.05, 0) is 24.3 Å². The molecule has 0 spiro atoms. The van der Waals surface area contributed by atoms with Crippen molar-refractivity contribution in [3.05, 3.63) is 30.1 Å². The van der Waals surface area contributed by atoms with Gasteiger partial charge in [-0.1, -0.05) is 5.16 Å². The Labute approximate surface area is 92.7 Å². The summed E-state index contributed by atoms with van der Waals surface area (Å²) in [6, 6.07) is 6.61. The van der Waals surface area contributed by atoms with Crippen LogP contribution in [0.3, 0.4) is 0 Å². The highest BCUT2D eigenvalue weighted by Crippen LogP contribution is 2.19. The summed E-state index contributed by atoms with van der Waals surface area (Å²) >= 11 is 0. The zero-order valence-electron chi connectivity index (χ0n) is 8.88. The Morgan fingerprint density at radius 2 is 2.06 bits per heavy atom. The summed E-state index contributed by atoms with van der Waals surface area (Å²) in [5, 5.41) is 13.0. The van der Waals surface area contributed by atoms with Crippen molar-refractivity contribution in [2.45, 2.75) is 6.42 Å². The second-order valence-electron chi connectivity index (χ2n) is 3.31. The van der Waals surface area contributed by atoms with E-state index >= 15 is 0 Å². The first-order chi connectivity index (χ1) is 7.79. The van der Waals surface area contributed by atoms with Crippen LogP contribution < -0.4 is 0 Å². The summed E-state index contributed by atoms with van der Waals surface area (Å²) < 4.78 is 10.0. The Morgan fingerprint density at radius 1 is 1.31 bits per heavy atom. The predicted octanol–water partition coefficient (Wildman–Crippen LogP) is 1.63. The van der Waals surface area contributed by atoms with Gasteiger partial charge in [-0.25, -0.2) is 0 Å². The lowest BCUT2D eigenvalue weighted by atomic mass is 10.2. The Morgan fingerprint density at radius 3 is 2.75 bits per heavy atom. The molecule has 1 N–H and O–H groups in total. The predicted molar refractivity (Wildman–Crippen MR) is 57.0 cm³/mol. The minimum atomic E-state index is 0.211. The quantitative estimate of drug-likeness (QED) is 0.848. The smallest absolute Gasteiger partial charge is 0.257 e. The van der Waals surface area contributed by atoms with Crippen LogP contribution in [0.1, 0.15) is 5.82 Å². The number of phenols is 1. The van der Waals surface area contributed by atoms with Gasteiger partial charge in [0.1, 0.15) is 5.75 Å². The van der Waals surface area contributed by atoms with Gasteiger partial charge in [-0.3, -0.25) is 0 Å². The molecule has 5 nitrogen and oxygen atoms in total. The van der Waals surface area contributed by atoms with Crippen molar-refractivity contribution in [3.63, 3.8) is 0 Å². The molecular formula is C11H12N2O3. The fourth-order valence-electron chi connectivity index (χ4n) is 1.27. The van der Waals surface area contributed by atoms with Crippen LogP contribution in [0.2, 0.25) is 0 Å². The number of benzene rings is 1. The molecule has 0 aliphatic heterocycles. The van der Waals surface area contributed by atoms with Gasteiger partial charge in [0.15, 0.2) is 5.82 Å². The van der Waals surface area contributed by atoms with Crippen LogP contribution in [0.5, 0.6) is 5.75 Å². The molecule has 0 saturated carbocycles. The number of phenolic OH excluding ortho intramolecular Hbond substituents is 1. The summed E-state index contributed by atoms with van der Waals surface area (Å²) in [5.74, 6) is 1.28. The third kappa shape index (κ3) is 2.38. The van der Waals surface area contributed by atoms with Crippen LogP contribution in [0.4, 0.5) is 0 Å². The van der Waals surface area contributed by atoms with Gasteiger partial charge in [-0.15, -0.1) is 0 Å². The van der Waals surface area contributed by atoms with Crippen molar-refractivity contribution in [2.24, 2.45) is 0 Å². The first kappa shape index (κ1) is 10.6. The van der Waals surface area contributed by atoms with E-state index in [1.807, 2.05) is 0 Å². The highest BCUT2D eigenvalue weighted by Gasteiger charge is 2.08. The number of aromatic nitrogens is 2. The molecule has 84 valence electrons. The zero-order valence-corrected chi connectivity index (χ0v) is 8.88. The van der Waals surface area contributed by atoms with Gasteiger partial charge in [0, 0.05) is 19.1 Å². The highest BCUT2D eigenvalue weighted by molar-refractivity contribution is 5.53. The molecule has 0 bridgehead atoms. The van der Waals surface area contributed by atoms with E-state index in [4.69, 9.17) is 14.4 Å². The fourth-order valence-corrected chi connectivity index (χ4v) is 1.27. The van der Waals surface area contributed by atoms with E-state index in [-0.39, 0.29) is 5.75 Å². The van der Waals surface area contributed by atoms with Crippen LogP contribution in [0.25, 0.3) is 11.5 Å². The van der Waals surface area contributed by atoms with Crippen LogP contribution in [0.15, 0.2) is 28.8 Å². The zero-order chi connectivity index (χ0) is 11.4. The van der Waals surface area contributed by atoms with E-state index in [9.17, 15) is 0 Å². The minimum Gasteiger partial charge on any atom is -0.508 e. The lowest BCUT2D eigenvalue weighted by molar-refractivity contribution is 0.199. The molecular weight excluding hydrogens is 208 g/mol. The molecule has 5 heteroatoms. The lowest BCUT2D eigenvalue weighted by Crippen LogP contribution is -1.95. The summed E-state index contributed by atoms with van der Waals surface area (Å²) in [6.07, 6.45) is 0.623. The van der Waals surface area contributed by atoms with Gasteiger partial charge in [0.05, 0.1) is 6.61 Å². The topological polar surface area (TPSA) is 68.4 Å². The maximum absolute atomic E-state index is 9.14. The summed E-state index contributed by atoms with van der Waals surface area (Å²) in [4.78, 5) is 4.21. The number of methoxy groups -OCH3 is 1. The number of rotatable bonds is 4. The first-order valence-corrected chi connectivity index (χ1v) is 4.90. The maximum atomic E-state index is 9.14.